The third-order valence-electron chi connectivity index (χ3n) is 7.49. The van der Waals surface area contributed by atoms with E-state index in [-0.39, 0.29) is 17.4 Å². The first-order valence-electron chi connectivity index (χ1n) is 13.0. The van der Waals surface area contributed by atoms with Gasteiger partial charge in [0.25, 0.3) is 11.5 Å². The fourth-order valence-corrected chi connectivity index (χ4v) is 6.77. The largest absolute Gasteiger partial charge is 0.496 e. The molecule has 1 amide bonds. The van der Waals surface area contributed by atoms with Crippen LogP contribution in [0.4, 0.5) is 5.13 Å². The second kappa shape index (κ2) is 10.5. The zero-order valence-corrected chi connectivity index (χ0v) is 22.1. The molecule has 2 aliphatic rings. The Morgan fingerprint density at radius 1 is 1.03 bits per heavy atom. The quantitative estimate of drug-likeness (QED) is 0.382. The number of hydrogen-bond donors (Lipinski definition) is 1. The number of anilines is 1. The normalized spacial score (nSPS) is 18.1. The molecule has 194 valence electrons. The van der Waals surface area contributed by atoms with E-state index in [4.69, 9.17) is 9.72 Å². The number of aromatic nitrogens is 2. The summed E-state index contributed by atoms with van der Waals surface area (Å²) in [4.78, 5) is 33.8. The van der Waals surface area contributed by atoms with Crippen LogP contribution >= 0.6 is 11.3 Å². The number of methoxy groups -OCH3 is 1. The van der Waals surface area contributed by atoms with Gasteiger partial charge in [0.05, 0.1) is 12.8 Å². The molecule has 1 saturated heterocycles. The van der Waals surface area contributed by atoms with Gasteiger partial charge in [-0.1, -0.05) is 65.9 Å². The van der Waals surface area contributed by atoms with Crippen LogP contribution in [-0.2, 0) is 13.0 Å². The van der Waals surface area contributed by atoms with Gasteiger partial charge in [-0.3, -0.25) is 9.59 Å². The average Bonchev–Trinajstić information content (AvgIpc) is 3.40. The fraction of sp³-hybridized carbons (Fsp3) is 0.300. The van der Waals surface area contributed by atoms with Crippen LogP contribution in [0.25, 0.3) is 11.3 Å². The number of hydrogen-bond acceptors (Lipinski definition) is 6. The van der Waals surface area contributed by atoms with Crippen molar-refractivity contribution in [3.05, 3.63) is 99.3 Å². The average molecular weight is 527 g/mol. The van der Waals surface area contributed by atoms with Crippen molar-refractivity contribution < 1.29 is 9.53 Å². The van der Waals surface area contributed by atoms with E-state index in [9.17, 15) is 9.59 Å². The Balaban J connectivity index is 1.25. The molecule has 2 aliphatic heterocycles. The number of nitrogens with one attached hydrogen (secondary N) is 1. The van der Waals surface area contributed by atoms with E-state index in [0.717, 1.165) is 53.8 Å². The van der Waals surface area contributed by atoms with Crippen molar-refractivity contribution in [3.63, 3.8) is 0 Å². The van der Waals surface area contributed by atoms with Crippen molar-refractivity contribution in [2.75, 3.05) is 31.6 Å². The highest BCUT2D eigenvalue weighted by Gasteiger charge is 2.36. The van der Waals surface area contributed by atoms with Gasteiger partial charge in [-0.15, -0.1) is 0 Å². The second-order valence-corrected chi connectivity index (χ2v) is 10.9. The molecule has 2 bridgehead atoms. The first-order chi connectivity index (χ1) is 18.6. The summed E-state index contributed by atoms with van der Waals surface area (Å²) in [5, 5.41) is 3.96. The molecule has 4 aromatic rings. The smallest absolute Gasteiger partial charge is 0.263 e. The standard InChI is InChI=1S/C30H30N4O3S/c1-37-25-12-6-5-8-21(25)14-15-31-29(36)28-27(22-9-3-2-4-10-22)32-30(38-28)33-17-20-16-23(19-33)24-11-7-13-26(35)34(24)18-20/h2-13,20,23H,14-19H2,1H3,(H,31,36)/t20-,23+/m1/s1. The lowest BCUT2D eigenvalue weighted by atomic mass is 9.83. The zero-order chi connectivity index (χ0) is 26.1. The zero-order valence-electron chi connectivity index (χ0n) is 21.3. The lowest BCUT2D eigenvalue weighted by molar-refractivity contribution is 0.0958. The molecule has 1 fully saturated rings. The van der Waals surface area contributed by atoms with E-state index in [0.29, 0.717) is 29.5 Å². The Labute approximate surface area is 225 Å². The highest BCUT2D eigenvalue weighted by molar-refractivity contribution is 7.18. The maximum atomic E-state index is 13.4. The molecule has 0 spiro atoms. The lowest BCUT2D eigenvalue weighted by Crippen LogP contribution is -2.47. The maximum absolute atomic E-state index is 13.4. The van der Waals surface area contributed by atoms with E-state index in [1.54, 1.807) is 13.2 Å². The number of piperidine rings is 1. The number of fused-ring (bicyclic) bond motifs is 4. The van der Waals surface area contributed by atoms with Crippen LogP contribution in [0.15, 0.2) is 77.6 Å². The predicted molar refractivity (Wildman–Crippen MR) is 150 cm³/mol. The van der Waals surface area contributed by atoms with Crippen LogP contribution in [0.3, 0.4) is 0 Å². The summed E-state index contributed by atoms with van der Waals surface area (Å²) in [7, 11) is 1.66. The van der Waals surface area contributed by atoms with E-state index in [1.807, 2.05) is 65.2 Å². The molecule has 4 heterocycles. The molecule has 2 aromatic carbocycles. The molecule has 1 N–H and O–H groups in total. The number of ether oxygens (including phenoxy) is 1. The summed E-state index contributed by atoms with van der Waals surface area (Å²) in [6.07, 6.45) is 1.75. The van der Waals surface area contributed by atoms with Gasteiger partial charge in [0, 0.05) is 49.4 Å². The Kier molecular flexibility index (Phi) is 6.72. The van der Waals surface area contributed by atoms with Gasteiger partial charge in [0.1, 0.15) is 10.6 Å². The minimum Gasteiger partial charge on any atom is -0.496 e. The first kappa shape index (κ1) is 24.4. The van der Waals surface area contributed by atoms with Gasteiger partial charge >= 0.3 is 0 Å². The summed E-state index contributed by atoms with van der Waals surface area (Å²) in [5.74, 6) is 1.37. The SMILES string of the molecule is COc1ccccc1CCNC(=O)c1sc(N2C[C@H]3C[C@@H](C2)c2cccc(=O)n2C3)nc1-c1ccccc1. The van der Waals surface area contributed by atoms with Gasteiger partial charge in [-0.25, -0.2) is 4.98 Å². The van der Waals surface area contributed by atoms with Crippen LogP contribution in [-0.4, -0.2) is 42.2 Å². The van der Waals surface area contributed by atoms with Gasteiger partial charge in [-0.2, -0.15) is 0 Å². The number of pyridine rings is 1. The van der Waals surface area contributed by atoms with Crippen molar-refractivity contribution in [1.29, 1.82) is 0 Å². The molecule has 8 heteroatoms. The topological polar surface area (TPSA) is 76.5 Å². The highest BCUT2D eigenvalue weighted by atomic mass is 32.1. The molecular weight excluding hydrogens is 496 g/mol. The number of amides is 1. The van der Waals surface area contributed by atoms with Crippen LogP contribution < -0.4 is 20.5 Å². The predicted octanol–water partition coefficient (Wildman–Crippen LogP) is 4.58. The van der Waals surface area contributed by atoms with Crippen molar-refractivity contribution in [1.82, 2.24) is 14.9 Å². The van der Waals surface area contributed by atoms with Gasteiger partial charge < -0.3 is 19.5 Å². The molecule has 2 aromatic heterocycles. The van der Waals surface area contributed by atoms with Crippen LogP contribution in [0.1, 0.15) is 33.3 Å². The highest BCUT2D eigenvalue weighted by Crippen LogP contribution is 2.40. The molecule has 2 atom stereocenters. The molecule has 0 unspecified atom stereocenters. The molecule has 0 aliphatic carbocycles. The molecule has 38 heavy (non-hydrogen) atoms. The monoisotopic (exact) mass is 526 g/mol. The summed E-state index contributed by atoms with van der Waals surface area (Å²) < 4.78 is 7.39. The molecule has 7 nitrogen and oxygen atoms in total. The lowest BCUT2D eigenvalue weighted by Gasteiger charge is -2.42. The summed E-state index contributed by atoms with van der Waals surface area (Å²) in [5.41, 5.74) is 3.89. The first-order valence-corrected chi connectivity index (χ1v) is 13.8. The number of nitrogens with zero attached hydrogens (tertiary/aromatic N) is 3. The second-order valence-electron chi connectivity index (χ2n) is 9.96. The Morgan fingerprint density at radius 3 is 2.68 bits per heavy atom. The number of benzene rings is 2. The van der Waals surface area contributed by atoms with E-state index in [2.05, 4.69) is 16.3 Å². The van der Waals surface area contributed by atoms with Crippen molar-refractivity contribution in [2.45, 2.75) is 25.3 Å². The third-order valence-corrected chi connectivity index (χ3v) is 8.61. The minimum absolute atomic E-state index is 0.0818. The van der Waals surface area contributed by atoms with Gasteiger partial charge in [0.2, 0.25) is 0 Å². The summed E-state index contributed by atoms with van der Waals surface area (Å²) in [6, 6.07) is 23.4. The van der Waals surface area contributed by atoms with E-state index >= 15 is 0 Å². The third kappa shape index (κ3) is 4.72. The maximum Gasteiger partial charge on any atom is 0.263 e. The van der Waals surface area contributed by atoms with Crippen LogP contribution in [0.5, 0.6) is 5.75 Å². The van der Waals surface area contributed by atoms with Crippen LogP contribution in [0.2, 0.25) is 0 Å². The number of carbonyl (C=O) groups excluding carboxylic acids is 1. The molecule has 0 saturated carbocycles. The summed E-state index contributed by atoms with van der Waals surface area (Å²) in [6.45, 7) is 2.85. The van der Waals surface area contributed by atoms with Gasteiger partial charge in [0.15, 0.2) is 5.13 Å². The number of carbonyl (C=O) groups is 1. The minimum atomic E-state index is -0.114. The van der Waals surface area contributed by atoms with Crippen molar-refractivity contribution in [3.8, 4) is 17.0 Å². The van der Waals surface area contributed by atoms with Crippen molar-refractivity contribution >= 4 is 22.4 Å². The van der Waals surface area contributed by atoms with Crippen LogP contribution in [0, 0.1) is 5.92 Å². The Bertz CT molecular complexity index is 1510. The molecule has 0 radical (unpaired) electrons. The molecular formula is C30H30N4O3S. The van der Waals surface area contributed by atoms with Gasteiger partial charge in [-0.05, 0) is 36.5 Å². The number of rotatable bonds is 7. The number of thiazole rings is 1. The molecule has 6 rings (SSSR count). The number of para-hydroxylation sites is 1. The van der Waals surface area contributed by atoms with E-state index in [1.165, 1.54) is 11.3 Å². The Hall–Kier alpha value is -3.91. The van der Waals surface area contributed by atoms with E-state index < -0.39 is 0 Å². The fourth-order valence-electron chi connectivity index (χ4n) is 5.74. The summed E-state index contributed by atoms with van der Waals surface area (Å²) >= 11 is 1.46. The van der Waals surface area contributed by atoms with Crippen molar-refractivity contribution in [2.24, 2.45) is 5.92 Å². The Morgan fingerprint density at radius 2 is 1.84 bits per heavy atom.